The van der Waals surface area contributed by atoms with Crippen LogP contribution in [-0.2, 0) is 11.0 Å². The number of hydrogen-bond acceptors (Lipinski definition) is 4. The minimum Gasteiger partial charge on any atom is -0.391 e. The van der Waals surface area contributed by atoms with Gasteiger partial charge in [-0.25, -0.2) is 4.98 Å². The monoisotopic (exact) mass is 508 g/mol. The average Bonchev–Trinajstić information content (AvgIpc) is 3.23. The summed E-state index contributed by atoms with van der Waals surface area (Å²) in [6, 6.07) is 0.600. The molecule has 2 aromatic heterocycles. The number of nitrogens with zero attached hydrogens (tertiary/aromatic N) is 4. The molecular formula is C18H17BrClF3N4O3. The minimum absolute atomic E-state index is 0.125. The minimum atomic E-state index is -4.69. The first-order chi connectivity index (χ1) is 14.1. The van der Waals surface area contributed by atoms with Crippen molar-refractivity contribution in [1.82, 2.24) is 19.2 Å². The Balaban J connectivity index is 1.61. The Hall–Kier alpha value is -1.85. The number of aliphatic hydroxyl groups excluding tert-OH is 1. The molecule has 30 heavy (non-hydrogen) atoms. The van der Waals surface area contributed by atoms with Crippen molar-refractivity contribution in [3.63, 3.8) is 0 Å². The molecule has 2 fully saturated rings. The number of halogens is 5. The van der Waals surface area contributed by atoms with E-state index in [2.05, 4.69) is 20.9 Å². The van der Waals surface area contributed by atoms with Crippen molar-refractivity contribution in [3.05, 3.63) is 33.1 Å². The van der Waals surface area contributed by atoms with Crippen LogP contribution in [0.1, 0.15) is 35.3 Å². The number of rotatable bonds is 2. The fraction of sp³-hybridized carbons (Fsp3) is 0.500. The van der Waals surface area contributed by atoms with Gasteiger partial charge in [0.05, 0.1) is 17.7 Å². The number of alkyl halides is 3. The van der Waals surface area contributed by atoms with Crippen LogP contribution in [0.2, 0.25) is 5.15 Å². The van der Waals surface area contributed by atoms with E-state index < -0.39 is 29.4 Å². The van der Waals surface area contributed by atoms with Gasteiger partial charge in [-0.2, -0.15) is 13.2 Å². The molecule has 1 saturated carbocycles. The standard InChI is InChI=1S/C18H17BrClF3N4O3/c19-9-6-10(18(21,22)23)16-24-14(15(20)27(16)7-9)17(30)25-4-5-26(13(29)8-25)11-2-1-3-12(11)28/h6-7,11-12,28H,1-5,8H2/t11-,12-/m0/s1. The Morgan fingerprint density at radius 2 is 2.03 bits per heavy atom. The third-order valence-electron chi connectivity index (χ3n) is 5.53. The van der Waals surface area contributed by atoms with Gasteiger partial charge in [0.2, 0.25) is 5.91 Å². The van der Waals surface area contributed by atoms with Gasteiger partial charge >= 0.3 is 6.18 Å². The molecule has 2 aromatic rings. The average molecular weight is 510 g/mol. The molecule has 1 N–H and O–H groups in total. The van der Waals surface area contributed by atoms with E-state index >= 15 is 0 Å². The van der Waals surface area contributed by atoms with Crippen molar-refractivity contribution in [3.8, 4) is 0 Å². The number of pyridine rings is 1. The molecule has 1 aliphatic heterocycles. The summed E-state index contributed by atoms with van der Waals surface area (Å²) in [5.74, 6) is -1.04. The molecule has 2 aliphatic rings. The maximum absolute atomic E-state index is 13.4. The van der Waals surface area contributed by atoms with Crippen molar-refractivity contribution in [2.75, 3.05) is 19.6 Å². The lowest BCUT2D eigenvalue weighted by molar-refractivity contribution is -0.139. The van der Waals surface area contributed by atoms with Gasteiger partial charge in [-0.1, -0.05) is 11.6 Å². The summed E-state index contributed by atoms with van der Waals surface area (Å²) in [4.78, 5) is 32.2. The summed E-state index contributed by atoms with van der Waals surface area (Å²) in [5, 5.41) is 9.78. The van der Waals surface area contributed by atoms with Crippen molar-refractivity contribution in [2.45, 2.75) is 37.6 Å². The zero-order valence-corrected chi connectivity index (χ0v) is 17.8. The van der Waals surface area contributed by atoms with Crippen LogP contribution in [0.5, 0.6) is 0 Å². The largest absolute Gasteiger partial charge is 0.420 e. The molecule has 2 amide bonds. The third kappa shape index (κ3) is 3.67. The van der Waals surface area contributed by atoms with Crippen LogP contribution in [-0.4, -0.2) is 67.9 Å². The predicted molar refractivity (Wildman–Crippen MR) is 104 cm³/mol. The van der Waals surface area contributed by atoms with E-state index in [1.165, 1.54) is 11.1 Å². The van der Waals surface area contributed by atoms with Crippen LogP contribution < -0.4 is 0 Å². The number of aromatic nitrogens is 2. The number of carbonyl (C=O) groups excluding carboxylic acids is 2. The summed E-state index contributed by atoms with van der Waals surface area (Å²) in [7, 11) is 0. The van der Waals surface area contributed by atoms with Gasteiger partial charge in [-0.15, -0.1) is 0 Å². The molecule has 0 bridgehead atoms. The summed E-state index contributed by atoms with van der Waals surface area (Å²) in [6.45, 7) is 0.159. The van der Waals surface area contributed by atoms with Crippen LogP contribution in [0.15, 0.2) is 16.7 Å². The Morgan fingerprint density at radius 3 is 2.63 bits per heavy atom. The number of imidazole rings is 1. The number of amides is 2. The first kappa shape index (κ1) is 21.4. The summed E-state index contributed by atoms with van der Waals surface area (Å²) in [5.41, 5.74) is -1.87. The maximum Gasteiger partial charge on any atom is 0.420 e. The highest BCUT2D eigenvalue weighted by Gasteiger charge is 2.39. The highest BCUT2D eigenvalue weighted by molar-refractivity contribution is 9.10. The summed E-state index contributed by atoms with van der Waals surface area (Å²) < 4.78 is 41.3. The van der Waals surface area contributed by atoms with Crippen LogP contribution in [0, 0.1) is 0 Å². The van der Waals surface area contributed by atoms with Crippen LogP contribution in [0.25, 0.3) is 5.65 Å². The molecular weight excluding hydrogens is 493 g/mol. The Kier molecular flexibility index (Phi) is 5.48. The van der Waals surface area contributed by atoms with Crippen molar-refractivity contribution >= 4 is 45.0 Å². The lowest BCUT2D eigenvalue weighted by atomic mass is 10.1. The summed E-state index contributed by atoms with van der Waals surface area (Å²) >= 11 is 9.20. The van der Waals surface area contributed by atoms with Gasteiger partial charge in [0, 0.05) is 23.8 Å². The fourth-order valence-corrected chi connectivity index (χ4v) is 4.76. The molecule has 1 saturated heterocycles. The lowest BCUT2D eigenvalue weighted by Crippen LogP contribution is -2.57. The highest BCUT2D eigenvalue weighted by Crippen LogP contribution is 2.36. The van der Waals surface area contributed by atoms with E-state index in [4.69, 9.17) is 11.6 Å². The number of piperazine rings is 1. The molecule has 1 aliphatic carbocycles. The van der Waals surface area contributed by atoms with Gasteiger partial charge < -0.3 is 14.9 Å². The molecule has 7 nitrogen and oxygen atoms in total. The number of aliphatic hydroxyl groups is 1. The van der Waals surface area contributed by atoms with Crippen molar-refractivity contribution in [1.29, 1.82) is 0 Å². The topological polar surface area (TPSA) is 78.2 Å². The second kappa shape index (κ2) is 7.69. The Morgan fingerprint density at radius 1 is 1.30 bits per heavy atom. The molecule has 3 heterocycles. The second-order valence-electron chi connectivity index (χ2n) is 7.39. The number of hydrogen-bond donors (Lipinski definition) is 1. The van der Waals surface area contributed by atoms with Crippen molar-refractivity contribution in [2.24, 2.45) is 0 Å². The molecule has 4 rings (SSSR count). The molecule has 0 aromatic carbocycles. The number of carbonyl (C=O) groups is 2. The van der Waals surface area contributed by atoms with Crippen LogP contribution >= 0.6 is 27.5 Å². The Labute approximate surface area is 182 Å². The number of fused-ring (bicyclic) bond motifs is 1. The SMILES string of the molecule is O=C(c1nc2c(C(F)(F)F)cc(Br)cn2c1Cl)N1CCN([C@H]2CCC[C@@H]2O)C(=O)C1. The predicted octanol–water partition coefficient (Wildman–Crippen LogP) is 2.97. The highest BCUT2D eigenvalue weighted by atomic mass is 79.9. The van der Waals surface area contributed by atoms with Crippen LogP contribution in [0.3, 0.4) is 0 Å². The van der Waals surface area contributed by atoms with E-state index in [1.807, 2.05) is 0 Å². The normalized spacial score (nSPS) is 22.9. The fourth-order valence-electron chi connectivity index (χ4n) is 4.07. The van der Waals surface area contributed by atoms with Gasteiger partial charge in [-0.3, -0.25) is 14.0 Å². The first-order valence-corrected chi connectivity index (χ1v) is 10.5. The third-order valence-corrected chi connectivity index (χ3v) is 6.32. The van der Waals surface area contributed by atoms with Gasteiger partial charge in [0.15, 0.2) is 11.3 Å². The smallest absolute Gasteiger partial charge is 0.391 e. The van der Waals surface area contributed by atoms with E-state index in [1.54, 1.807) is 4.90 Å². The maximum atomic E-state index is 13.4. The zero-order chi connectivity index (χ0) is 21.8. The molecule has 0 spiro atoms. The van der Waals surface area contributed by atoms with Gasteiger partial charge in [0.25, 0.3) is 5.91 Å². The van der Waals surface area contributed by atoms with Crippen LogP contribution in [0.4, 0.5) is 13.2 Å². The van der Waals surface area contributed by atoms with E-state index in [-0.39, 0.29) is 46.9 Å². The van der Waals surface area contributed by atoms with Crippen molar-refractivity contribution < 1.29 is 27.9 Å². The molecule has 0 radical (unpaired) electrons. The molecule has 12 heteroatoms. The molecule has 162 valence electrons. The zero-order valence-electron chi connectivity index (χ0n) is 15.5. The first-order valence-electron chi connectivity index (χ1n) is 9.29. The van der Waals surface area contributed by atoms with E-state index in [0.717, 1.165) is 16.9 Å². The lowest BCUT2D eigenvalue weighted by Gasteiger charge is -2.38. The quantitative estimate of drug-likeness (QED) is 0.675. The Bertz CT molecular complexity index is 1030. The molecule has 0 unspecified atom stereocenters. The van der Waals surface area contributed by atoms with E-state index in [0.29, 0.717) is 12.8 Å². The van der Waals surface area contributed by atoms with Gasteiger partial charge in [0.1, 0.15) is 11.7 Å². The summed E-state index contributed by atoms with van der Waals surface area (Å²) in [6.07, 6.45) is -1.82. The van der Waals surface area contributed by atoms with E-state index in [9.17, 15) is 27.9 Å². The second-order valence-corrected chi connectivity index (χ2v) is 8.67. The van der Waals surface area contributed by atoms with Gasteiger partial charge in [-0.05, 0) is 41.3 Å². The molecule has 2 atom stereocenters.